The van der Waals surface area contributed by atoms with Gasteiger partial charge in [0, 0.05) is 19.5 Å². The molecule has 0 bridgehead atoms. The van der Waals surface area contributed by atoms with Crippen molar-refractivity contribution in [3.8, 4) is 0 Å². The minimum Gasteiger partial charge on any atom is -0.337 e. The van der Waals surface area contributed by atoms with Gasteiger partial charge in [-0.25, -0.2) is 0 Å². The van der Waals surface area contributed by atoms with Crippen LogP contribution in [0.15, 0.2) is 30.3 Å². The molecule has 1 aromatic carbocycles. The monoisotopic (exact) mass is 257 g/mol. The Morgan fingerprint density at radius 3 is 2.63 bits per heavy atom. The molecule has 0 aromatic heterocycles. The zero-order valence-corrected chi connectivity index (χ0v) is 11.3. The summed E-state index contributed by atoms with van der Waals surface area (Å²) in [5, 5.41) is 0. The number of carbonyl (C=O) groups excluding carboxylic acids is 2. The molecule has 1 saturated heterocycles. The fourth-order valence-electron chi connectivity index (χ4n) is 3.64. The van der Waals surface area contributed by atoms with Gasteiger partial charge in [0.15, 0.2) is 0 Å². The van der Waals surface area contributed by atoms with Gasteiger partial charge in [0.25, 0.3) is 0 Å². The van der Waals surface area contributed by atoms with Crippen molar-refractivity contribution in [3.05, 3.63) is 35.9 Å². The van der Waals surface area contributed by atoms with Crippen LogP contribution in [-0.4, -0.2) is 23.1 Å². The second kappa shape index (κ2) is 4.48. The highest BCUT2D eigenvalue weighted by atomic mass is 16.2. The van der Waals surface area contributed by atoms with Crippen molar-refractivity contribution >= 4 is 11.7 Å². The summed E-state index contributed by atoms with van der Waals surface area (Å²) in [6.45, 7) is 3.38. The maximum atomic E-state index is 12.7. The Labute approximate surface area is 113 Å². The molecule has 1 heterocycles. The topological polar surface area (TPSA) is 37.4 Å². The zero-order valence-electron chi connectivity index (χ0n) is 11.3. The highest BCUT2D eigenvalue weighted by Crippen LogP contribution is 2.47. The lowest BCUT2D eigenvalue weighted by molar-refractivity contribution is -0.143. The molecule has 1 aliphatic carbocycles. The molecule has 1 aliphatic heterocycles. The summed E-state index contributed by atoms with van der Waals surface area (Å²) in [5.74, 6) is 0.380. The highest BCUT2D eigenvalue weighted by Gasteiger charge is 2.58. The molecule has 3 heteroatoms. The van der Waals surface area contributed by atoms with E-state index in [1.165, 1.54) is 0 Å². The standard InChI is InChI=1S/C16H19NO2/c1-12-10-17(11-13-6-3-2-4-7-13)15(19)16(12)9-5-8-14(16)18/h2-4,6-7,12H,5,8-11H2,1H3. The van der Waals surface area contributed by atoms with Crippen LogP contribution in [0, 0.1) is 11.3 Å². The first kappa shape index (κ1) is 12.4. The number of hydrogen-bond donors (Lipinski definition) is 0. The van der Waals surface area contributed by atoms with Gasteiger partial charge >= 0.3 is 0 Å². The fourth-order valence-corrected chi connectivity index (χ4v) is 3.64. The Hall–Kier alpha value is -1.64. The quantitative estimate of drug-likeness (QED) is 0.763. The van der Waals surface area contributed by atoms with Crippen LogP contribution in [0.2, 0.25) is 0 Å². The van der Waals surface area contributed by atoms with E-state index in [-0.39, 0.29) is 17.6 Å². The smallest absolute Gasteiger partial charge is 0.236 e. The van der Waals surface area contributed by atoms with Crippen molar-refractivity contribution in [3.63, 3.8) is 0 Å². The van der Waals surface area contributed by atoms with Gasteiger partial charge in [-0.05, 0) is 24.3 Å². The third-order valence-corrected chi connectivity index (χ3v) is 4.69. The summed E-state index contributed by atoms with van der Waals surface area (Å²) in [7, 11) is 0. The molecule has 1 spiro atoms. The molecule has 2 aliphatic rings. The molecule has 3 rings (SSSR count). The normalized spacial score (nSPS) is 30.6. The Kier molecular flexibility index (Phi) is 2.92. The lowest BCUT2D eigenvalue weighted by Gasteiger charge is -2.23. The van der Waals surface area contributed by atoms with Crippen molar-refractivity contribution in [1.29, 1.82) is 0 Å². The summed E-state index contributed by atoms with van der Waals surface area (Å²) >= 11 is 0. The SMILES string of the molecule is CC1CN(Cc2ccccc2)C(=O)C12CCCC2=O. The van der Waals surface area contributed by atoms with Gasteiger partial charge in [-0.2, -0.15) is 0 Å². The third kappa shape index (κ3) is 1.79. The van der Waals surface area contributed by atoms with Crippen LogP contribution < -0.4 is 0 Å². The highest BCUT2D eigenvalue weighted by molar-refractivity contribution is 6.09. The van der Waals surface area contributed by atoms with Gasteiger partial charge in [-0.15, -0.1) is 0 Å². The first-order chi connectivity index (χ1) is 9.14. The Morgan fingerprint density at radius 1 is 1.26 bits per heavy atom. The van der Waals surface area contributed by atoms with Crippen LogP contribution in [0.5, 0.6) is 0 Å². The van der Waals surface area contributed by atoms with E-state index in [0.29, 0.717) is 19.5 Å². The predicted molar refractivity (Wildman–Crippen MR) is 72.3 cm³/mol. The van der Waals surface area contributed by atoms with Gasteiger partial charge in [0.2, 0.25) is 5.91 Å². The summed E-state index contributed by atoms with van der Waals surface area (Å²) < 4.78 is 0. The van der Waals surface area contributed by atoms with Crippen molar-refractivity contribution in [1.82, 2.24) is 4.90 Å². The summed E-state index contributed by atoms with van der Waals surface area (Å²) in [6, 6.07) is 9.99. The summed E-state index contributed by atoms with van der Waals surface area (Å²) in [5.41, 5.74) is 0.444. The molecule has 1 saturated carbocycles. The molecular weight excluding hydrogens is 238 g/mol. The van der Waals surface area contributed by atoms with Crippen molar-refractivity contribution < 1.29 is 9.59 Å². The van der Waals surface area contributed by atoms with Crippen LogP contribution in [0.1, 0.15) is 31.7 Å². The second-order valence-corrected chi connectivity index (χ2v) is 5.82. The summed E-state index contributed by atoms with van der Waals surface area (Å²) in [4.78, 5) is 26.7. The van der Waals surface area contributed by atoms with Gasteiger partial charge < -0.3 is 4.90 Å². The van der Waals surface area contributed by atoms with Crippen LogP contribution in [0.25, 0.3) is 0 Å². The number of likely N-dealkylation sites (tertiary alicyclic amines) is 1. The van der Waals surface area contributed by atoms with Crippen LogP contribution in [0.3, 0.4) is 0 Å². The van der Waals surface area contributed by atoms with E-state index in [9.17, 15) is 9.59 Å². The Bertz CT molecular complexity index is 511. The average molecular weight is 257 g/mol. The molecule has 1 amide bonds. The minimum atomic E-state index is -0.686. The number of hydrogen-bond acceptors (Lipinski definition) is 2. The fraction of sp³-hybridized carbons (Fsp3) is 0.500. The van der Waals surface area contributed by atoms with Gasteiger partial charge in [0.05, 0.1) is 0 Å². The first-order valence-electron chi connectivity index (χ1n) is 7.01. The molecule has 0 radical (unpaired) electrons. The van der Waals surface area contributed by atoms with Gasteiger partial charge in [-0.1, -0.05) is 37.3 Å². The number of benzene rings is 1. The Balaban J connectivity index is 1.83. The zero-order chi connectivity index (χ0) is 13.5. The van der Waals surface area contributed by atoms with Crippen molar-refractivity contribution in [2.24, 2.45) is 11.3 Å². The van der Waals surface area contributed by atoms with E-state index in [2.05, 4.69) is 0 Å². The van der Waals surface area contributed by atoms with Gasteiger partial charge in [-0.3, -0.25) is 9.59 Å². The van der Waals surface area contributed by atoms with E-state index in [1.54, 1.807) is 0 Å². The van der Waals surface area contributed by atoms with E-state index in [0.717, 1.165) is 18.4 Å². The maximum Gasteiger partial charge on any atom is 0.236 e. The maximum absolute atomic E-state index is 12.7. The lowest BCUT2D eigenvalue weighted by atomic mass is 9.76. The third-order valence-electron chi connectivity index (χ3n) is 4.69. The number of amides is 1. The van der Waals surface area contributed by atoms with E-state index in [4.69, 9.17) is 0 Å². The molecule has 100 valence electrons. The number of rotatable bonds is 2. The molecule has 2 unspecified atom stereocenters. The lowest BCUT2D eigenvalue weighted by Crippen LogP contribution is -2.39. The predicted octanol–water partition coefficient (Wildman–Crippen LogP) is 2.40. The number of ketones is 1. The second-order valence-electron chi connectivity index (χ2n) is 5.82. The number of carbonyl (C=O) groups is 2. The largest absolute Gasteiger partial charge is 0.337 e. The van der Waals surface area contributed by atoms with Gasteiger partial charge in [0.1, 0.15) is 11.2 Å². The molecule has 19 heavy (non-hydrogen) atoms. The van der Waals surface area contributed by atoms with Crippen molar-refractivity contribution in [2.45, 2.75) is 32.7 Å². The van der Waals surface area contributed by atoms with Crippen LogP contribution in [-0.2, 0) is 16.1 Å². The molecule has 2 fully saturated rings. The molecule has 2 atom stereocenters. The minimum absolute atomic E-state index is 0.0614. The van der Waals surface area contributed by atoms with Crippen LogP contribution >= 0.6 is 0 Å². The van der Waals surface area contributed by atoms with E-state index < -0.39 is 5.41 Å². The molecular formula is C16H19NO2. The molecule has 3 nitrogen and oxygen atoms in total. The first-order valence-corrected chi connectivity index (χ1v) is 7.01. The average Bonchev–Trinajstić information content (AvgIpc) is 2.90. The van der Waals surface area contributed by atoms with Crippen LogP contribution in [0.4, 0.5) is 0 Å². The molecule has 1 aromatic rings. The van der Waals surface area contributed by atoms with Crippen molar-refractivity contribution in [2.75, 3.05) is 6.54 Å². The number of Topliss-reactive ketones (excluding diaryl/α,β-unsaturated/α-hetero) is 1. The molecule has 0 N–H and O–H groups in total. The van der Waals surface area contributed by atoms with E-state index in [1.807, 2.05) is 42.2 Å². The number of nitrogens with zero attached hydrogens (tertiary/aromatic N) is 1. The van der Waals surface area contributed by atoms with E-state index >= 15 is 0 Å². The summed E-state index contributed by atoms with van der Waals surface area (Å²) in [6.07, 6.45) is 2.19. The Morgan fingerprint density at radius 2 is 2.00 bits per heavy atom.